The first-order valence-electron chi connectivity index (χ1n) is 7.22. The van der Waals surface area contributed by atoms with Crippen LogP contribution in [0.5, 0.6) is 0 Å². The zero-order chi connectivity index (χ0) is 16.0. The highest BCUT2D eigenvalue weighted by Crippen LogP contribution is 2.40. The summed E-state index contributed by atoms with van der Waals surface area (Å²) in [5.41, 5.74) is -0.694. The highest BCUT2D eigenvalue weighted by atomic mass is 32.2. The number of nitrogens with zero attached hydrogens (tertiary/aromatic N) is 3. The second kappa shape index (κ2) is 5.32. The number of sulfonamides is 1. The number of imidazole rings is 1. The number of hydrogen-bond acceptors (Lipinski definition) is 5. The molecule has 1 aromatic heterocycles. The van der Waals surface area contributed by atoms with Crippen molar-refractivity contribution in [3.05, 3.63) is 18.2 Å². The van der Waals surface area contributed by atoms with Crippen molar-refractivity contribution in [1.82, 2.24) is 19.2 Å². The first kappa shape index (κ1) is 15.4. The fourth-order valence-corrected chi connectivity index (χ4v) is 4.06. The van der Waals surface area contributed by atoms with Crippen molar-refractivity contribution < 1.29 is 17.9 Å². The number of aromatic nitrogens is 2. The molecule has 0 saturated carbocycles. The van der Waals surface area contributed by atoms with Crippen LogP contribution in [0.2, 0.25) is 0 Å². The molecule has 1 atom stereocenters. The van der Waals surface area contributed by atoms with Crippen molar-refractivity contribution in [1.29, 1.82) is 0 Å². The molecule has 1 spiro atoms. The Hall–Kier alpha value is -1.45. The number of fused-ring (bicyclic) bond motifs is 2. The van der Waals surface area contributed by atoms with Gasteiger partial charge < -0.3 is 14.6 Å². The fraction of sp³-hybridized carbons (Fsp3) is 0.692. The summed E-state index contributed by atoms with van der Waals surface area (Å²) >= 11 is 0. The van der Waals surface area contributed by atoms with Crippen molar-refractivity contribution in [2.75, 3.05) is 26.4 Å². The van der Waals surface area contributed by atoms with Crippen molar-refractivity contribution in [2.45, 2.75) is 31.1 Å². The highest BCUT2D eigenvalue weighted by Gasteiger charge is 2.47. The molecule has 3 heterocycles. The van der Waals surface area contributed by atoms with Gasteiger partial charge in [0.15, 0.2) is 6.10 Å². The number of amides is 1. The molecule has 0 radical (unpaired) electrons. The Morgan fingerprint density at radius 2 is 2.14 bits per heavy atom. The Morgan fingerprint density at radius 1 is 1.45 bits per heavy atom. The standard InChI is InChI=1S/C13H20N4O4S/c1-14-11(18)10-9-16-8-5-15-12(16)13(21-10)3-6-17(7-4-13)22(2,19)20/h5,8,10H,3-4,6-7,9H2,1-2H3,(H,14,18)/t10-/m1/s1. The molecular formula is C13H20N4O4S. The Balaban J connectivity index is 1.88. The van der Waals surface area contributed by atoms with Gasteiger partial charge in [0, 0.05) is 32.5 Å². The third kappa shape index (κ3) is 2.53. The van der Waals surface area contributed by atoms with Gasteiger partial charge in [-0.15, -0.1) is 0 Å². The maximum atomic E-state index is 12.0. The number of carbonyl (C=O) groups is 1. The summed E-state index contributed by atoms with van der Waals surface area (Å²) in [6.07, 6.45) is 5.13. The van der Waals surface area contributed by atoms with E-state index in [4.69, 9.17) is 4.74 Å². The van der Waals surface area contributed by atoms with Gasteiger partial charge >= 0.3 is 0 Å². The minimum absolute atomic E-state index is 0.177. The Kier molecular flexibility index (Phi) is 3.74. The van der Waals surface area contributed by atoms with E-state index in [0.29, 0.717) is 32.5 Å². The zero-order valence-corrected chi connectivity index (χ0v) is 13.5. The molecule has 1 N–H and O–H groups in total. The molecule has 8 nitrogen and oxygen atoms in total. The number of nitrogens with one attached hydrogen (secondary N) is 1. The summed E-state index contributed by atoms with van der Waals surface area (Å²) < 4.78 is 32.8. The normalized spacial score (nSPS) is 24.9. The van der Waals surface area contributed by atoms with E-state index in [0.717, 1.165) is 5.82 Å². The molecule has 0 unspecified atom stereocenters. The predicted octanol–water partition coefficient (Wildman–Crippen LogP) is -0.721. The fourth-order valence-electron chi connectivity index (χ4n) is 3.21. The molecule has 2 aliphatic rings. The molecule has 122 valence electrons. The zero-order valence-electron chi connectivity index (χ0n) is 12.7. The van der Waals surface area contributed by atoms with Gasteiger partial charge in [0.25, 0.3) is 5.91 Å². The first-order chi connectivity index (χ1) is 10.4. The van der Waals surface area contributed by atoms with Crippen molar-refractivity contribution >= 4 is 15.9 Å². The number of likely N-dealkylation sites (N-methyl/N-ethyl adjacent to an activating group) is 1. The van der Waals surface area contributed by atoms with Gasteiger partial charge in [0.05, 0.1) is 12.8 Å². The Labute approximate surface area is 129 Å². The van der Waals surface area contributed by atoms with Gasteiger partial charge in [-0.3, -0.25) is 4.79 Å². The Morgan fingerprint density at radius 3 is 2.73 bits per heavy atom. The molecule has 22 heavy (non-hydrogen) atoms. The average Bonchev–Trinajstić information content (AvgIpc) is 2.95. The Bertz CT molecular complexity index is 676. The lowest BCUT2D eigenvalue weighted by molar-refractivity contribution is -0.170. The number of hydrogen-bond donors (Lipinski definition) is 1. The van der Waals surface area contributed by atoms with E-state index in [1.165, 1.54) is 10.6 Å². The van der Waals surface area contributed by atoms with Gasteiger partial charge in [-0.2, -0.15) is 0 Å². The van der Waals surface area contributed by atoms with Crippen LogP contribution in [-0.4, -0.2) is 60.7 Å². The number of rotatable bonds is 2. The lowest BCUT2D eigenvalue weighted by Crippen LogP contribution is -2.54. The third-order valence-corrected chi connectivity index (χ3v) is 5.69. The van der Waals surface area contributed by atoms with Gasteiger partial charge in [0.2, 0.25) is 10.0 Å². The summed E-state index contributed by atoms with van der Waals surface area (Å²) in [6, 6.07) is 0. The molecule has 9 heteroatoms. The quantitative estimate of drug-likeness (QED) is 0.773. The second-order valence-corrected chi connectivity index (χ2v) is 7.76. The minimum atomic E-state index is -3.21. The third-order valence-electron chi connectivity index (χ3n) is 4.39. The van der Waals surface area contributed by atoms with E-state index < -0.39 is 21.7 Å². The molecule has 0 bridgehead atoms. The van der Waals surface area contributed by atoms with Gasteiger partial charge in [0.1, 0.15) is 11.4 Å². The molecule has 1 saturated heterocycles. The summed E-state index contributed by atoms with van der Waals surface area (Å²) in [4.78, 5) is 16.4. The van der Waals surface area contributed by atoms with E-state index >= 15 is 0 Å². The van der Waals surface area contributed by atoms with Crippen LogP contribution in [0.4, 0.5) is 0 Å². The summed E-state index contributed by atoms with van der Waals surface area (Å²) in [6.45, 7) is 1.16. The average molecular weight is 328 g/mol. The van der Waals surface area contributed by atoms with Crippen LogP contribution in [0.3, 0.4) is 0 Å². The van der Waals surface area contributed by atoms with E-state index in [2.05, 4.69) is 10.3 Å². The van der Waals surface area contributed by atoms with Crippen LogP contribution in [0, 0.1) is 0 Å². The van der Waals surface area contributed by atoms with Crippen molar-refractivity contribution in [3.8, 4) is 0 Å². The second-order valence-electron chi connectivity index (χ2n) is 5.78. The van der Waals surface area contributed by atoms with Crippen LogP contribution in [0.25, 0.3) is 0 Å². The van der Waals surface area contributed by atoms with Gasteiger partial charge in [-0.25, -0.2) is 17.7 Å². The lowest BCUT2D eigenvalue weighted by atomic mass is 9.89. The van der Waals surface area contributed by atoms with Gasteiger partial charge in [-0.05, 0) is 12.8 Å². The summed E-state index contributed by atoms with van der Waals surface area (Å²) in [7, 11) is -1.63. The maximum Gasteiger partial charge on any atom is 0.250 e. The van der Waals surface area contributed by atoms with Crippen LogP contribution in [0.15, 0.2) is 12.4 Å². The SMILES string of the molecule is CNC(=O)[C@H]1Cn2ccnc2C2(CCN(S(C)(=O)=O)CC2)O1. The van der Waals surface area contributed by atoms with Crippen LogP contribution in [0.1, 0.15) is 18.7 Å². The summed E-state index contributed by atoms with van der Waals surface area (Å²) in [5.74, 6) is 0.602. The van der Waals surface area contributed by atoms with Gasteiger partial charge in [-0.1, -0.05) is 0 Å². The van der Waals surface area contributed by atoms with Crippen molar-refractivity contribution in [3.63, 3.8) is 0 Å². The molecule has 0 aliphatic carbocycles. The highest BCUT2D eigenvalue weighted by molar-refractivity contribution is 7.88. The monoisotopic (exact) mass is 328 g/mol. The molecule has 3 rings (SSSR count). The predicted molar refractivity (Wildman–Crippen MR) is 78.5 cm³/mol. The summed E-state index contributed by atoms with van der Waals surface area (Å²) in [5, 5.41) is 2.61. The lowest BCUT2D eigenvalue weighted by Gasteiger charge is -2.44. The number of ether oxygens (including phenoxy) is 1. The van der Waals surface area contributed by atoms with E-state index in [1.807, 2.05) is 10.8 Å². The maximum absolute atomic E-state index is 12.0. The first-order valence-corrected chi connectivity index (χ1v) is 9.07. The number of carbonyl (C=O) groups excluding carboxylic acids is 1. The van der Waals surface area contributed by atoms with Crippen molar-refractivity contribution in [2.24, 2.45) is 0 Å². The van der Waals surface area contributed by atoms with E-state index in [1.54, 1.807) is 13.2 Å². The molecule has 1 aromatic rings. The van der Waals surface area contributed by atoms with Crippen LogP contribution < -0.4 is 5.32 Å². The minimum Gasteiger partial charge on any atom is -0.357 e. The molecule has 1 amide bonds. The largest absolute Gasteiger partial charge is 0.357 e. The molecular weight excluding hydrogens is 308 g/mol. The van der Waals surface area contributed by atoms with Crippen LogP contribution in [-0.2, 0) is 31.7 Å². The molecule has 1 fully saturated rings. The van der Waals surface area contributed by atoms with E-state index in [-0.39, 0.29) is 5.91 Å². The number of piperidine rings is 1. The van der Waals surface area contributed by atoms with E-state index in [9.17, 15) is 13.2 Å². The smallest absolute Gasteiger partial charge is 0.250 e. The topological polar surface area (TPSA) is 93.5 Å². The molecule has 0 aromatic carbocycles. The molecule has 2 aliphatic heterocycles. The van der Waals surface area contributed by atoms with Crippen LogP contribution >= 0.6 is 0 Å².